The molecule has 0 radical (unpaired) electrons. The molecule has 0 aliphatic carbocycles. The molecule has 1 aliphatic rings. The highest BCUT2D eigenvalue weighted by atomic mass is 32.1. The van der Waals surface area contributed by atoms with Crippen molar-refractivity contribution in [1.29, 1.82) is 0 Å². The number of esters is 1. The Kier molecular flexibility index (Phi) is 5.00. The van der Waals surface area contributed by atoms with Crippen molar-refractivity contribution in [2.45, 2.75) is 19.4 Å². The van der Waals surface area contributed by atoms with Gasteiger partial charge in [-0.1, -0.05) is 42.5 Å². The summed E-state index contributed by atoms with van der Waals surface area (Å²) in [6.45, 7) is 1.70. The molecule has 4 aromatic rings. The summed E-state index contributed by atoms with van der Waals surface area (Å²) < 4.78 is 5.49. The van der Waals surface area contributed by atoms with E-state index in [1.165, 1.54) is 0 Å². The number of rotatable bonds is 4. The molecule has 0 N–H and O–H groups in total. The molecule has 2 aromatic carbocycles. The molecule has 1 amide bonds. The van der Waals surface area contributed by atoms with Gasteiger partial charge in [0.1, 0.15) is 0 Å². The van der Waals surface area contributed by atoms with Gasteiger partial charge in [0.25, 0.3) is 5.91 Å². The van der Waals surface area contributed by atoms with Crippen LogP contribution < -0.4 is 4.90 Å². The zero-order valence-electron chi connectivity index (χ0n) is 16.9. The van der Waals surface area contributed by atoms with Crippen molar-refractivity contribution in [3.8, 4) is 10.6 Å². The lowest BCUT2D eigenvalue weighted by atomic mass is 10.1. The molecule has 0 spiro atoms. The fourth-order valence-electron chi connectivity index (χ4n) is 4.11. The third-order valence-electron chi connectivity index (χ3n) is 5.51. The molecule has 2 aromatic heterocycles. The average Bonchev–Trinajstić information content (AvgIpc) is 3.44. The quantitative estimate of drug-likeness (QED) is 0.425. The van der Waals surface area contributed by atoms with Crippen LogP contribution in [0.3, 0.4) is 0 Å². The lowest BCUT2D eigenvalue weighted by Crippen LogP contribution is -2.38. The fourth-order valence-corrected chi connectivity index (χ4v) is 4.80. The number of hydrogen-bond acceptors (Lipinski definition) is 5. The first-order valence-electron chi connectivity index (χ1n) is 10.1. The van der Waals surface area contributed by atoms with Gasteiger partial charge in [-0.05, 0) is 48.6 Å². The van der Waals surface area contributed by atoms with Crippen LogP contribution in [0.5, 0.6) is 0 Å². The van der Waals surface area contributed by atoms with Crippen molar-refractivity contribution in [3.05, 3.63) is 83.2 Å². The summed E-state index contributed by atoms with van der Waals surface area (Å²) in [5, 5.41) is 2.68. The minimum absolute atomic E-state index is 0.0378. The number of amides is 1. The van der Waals surface area contributed by atoms with E-state index in [0.717, 1.165) is 22.5 Å². The van der Waals surface area contributed by atoms with Crippen LogP contribution in [0.25, 0.3) is 21.5 Å². The van der Waals surface area contributed by atoms with E-state index in [4.69, 9.17) is 4.74 Å². The smallest absolute Gasteiger partial charge is 0.339 e. The number of carbonyl (C=O) groups excluding carboxylic acids is 2. The standard InChI is InChI=1S/C25H20N2O3S/c1-16-13-17-7-2-5-10-22(17)27(16)24(28)15-30-25(29)19-14-21(23-11-6-12-31-23)26-20-9-4-3-8-18(19)20/h2-12,14,16H,13,15H2,1H3/t16-/m0/s1. The van der Waals surface area contributed by atoms with Gasteiger partial charge in [0.15, 0.2) is 6.61 Å². The lowest BCUT2D eigenvalue weighted by Gasteiger charge is -2.22. The van der Waals surface area contributed by atoms with E-state index < -0.39 is 5.97 Å². The number of ether oxygens (including phenoxy) is 1. The molecule has 154 valence electrons. The highest BCUT2D eigenvalue weighted by Gasteiger charge is 2.31. The summed E-state index contributed by atoms with van der Waals surface area (Å²) in [6, 6.07) is 21.0. The summed E-state index contributed by atoms with van der Waals surface area (Å²) in [4.78, 5) is 33.3. The number of aromatic nitrogens is 1. The highest BCUT2D eigenvalue weighted by Crippen LogP contribution is 2.32. The van der Waals surface area contributed by atoms with Crippen LogP contribution >= 0.6 is 11.3 Å². The van der Waals surface area contributed by atoms with Gasteiger partial charge in [-0.2, -0.15) is 0 Å². The molecule has 0 saturated heterocycles. The summed E-state index contributed by atoms with van der Waals surface area (Å²) in [5.41, 5.74) is 3.88. The van der Waals surface area contributed by atoms with Gasteiger partial charge in [-0.25, -0.2) is 9.78 Å². The van der Waals surface area contributed by atoms with E-state index in [1.54, 1.807) is 22.3 Å². The Hall–Kier alpha value is -3.51. The van der Waals surface area contributed by atoms with E-state index in [-0.39, 0.29) is 18.6 Å². The molecule has 3 heterocycles. The van der Waals surface area contributed by atoms with Gasteiger partial charge >= 0.3 is 5.97 Å². The first-order chi connectivity index (χ1) is 15.1. The van der Waals surface area contributed by atoms with Crippen molar-refractivity contribution in [1.82, 2.24) is 4.98 Å². The molecule has 0 bridgehead atoms. The largest absolute Gasteiger partial charge is 0.452 e. The zero-order valence-corrected chi connectivity index (χ0v) is 17.8. The number of benzene rings is 2. The van der Waals surface area contributed by atoms with Crippen molar-refractivity contribution < 1.29 is 14.3 Å². The molecule has 6 heteroatoms. The van der Waals surface area contributed by atoms with Crippen molar-refractivity contribution in [2.24, 2.45) is 0 Å². The zero-order chi connectivity index (χ0) is 21.4. The molecule has 0 unspecified atom stereocenters. The van der Waals surface area contributed by atoms with Crippen molar-refractivity contribution >= 4 is 39.8 Å². The van der Waals surface area contributed by atoms with Crippen LogP contribution in [-0.4, -0.2) is 29.5 Å². The number of thiophene rings is 1. The SMILES string of the molecule is C[C@H]1Cc2ccccc2N1C(=O)COC(=O)c1cc(-c2cccs2)nc2ccccc12. The third-order valence-corrected chi connectivity index (χ3v) is 6.40. The van der Waals surface area contributed by atoms with Crippen molar-refractivity contribution in [3.63, 3.8) is 0 Å². The predicted octanol–water partition coefficient (Wildman–Crippen LogP) is 5.10. The number of nitrogens with zero attached hydrogens (tertiary/aromatic N) is 2. The second-order valence-corrected chi connectivity index (χ2v) is 8.52. The first-order valence-corrected chi connectivity index (χ1v) is 11.0. The molecule has 5 nitrogen and oxygen atoms in total. The number of hydrogen-bond donors (Lipinski definition) is 0. The Labute approximate surface area is 183 Å². The van der Waals surface area contributed by atoms with Crippen LogP contribution in [0.2, 0.25) is 0 Å². The molecule has 0 saturated carbocycles. The first kappa shape index (κ1) is 19.5. The number of para-hydroxylation sites is 2. The van der Waals surface area contributed by atoms with Gasteiger partial charge in [-0.15, -0.1) is 11.3 Å². The number of carbonyl (C=O) groups is 2. The predicted molar refractivity (Wildman–Crippen MR) is 122 cm³/mol. The maximum atomic E-state index is 13.0. The summed E-state index contributed by atoms with van der Waals surface area (Å²) in [5.74, 6) is -0.743. The maximum absolute atomic E-state index is 13.0. The molecule has 31 heavy (non-hydrogen) atoms. The van der Waals surface area contributed by atoms with E-state index in [0.29, 0.717) is 22.2 Å². The summed E-state index contributed by atoms with van der Waals surface area (Å²) in [7, 11) is 0. The third kappa shape index (κ3) is 3.59. The Balaban J connectivity index is 1.40. The van der Waals surface area contributed by atoms with Crippen LogP contribution in [0.15, 0.2) is 72.1 Å². The van der Waals surface area contributed by atoms with E-state index in [1.807, 2.05) is 73.0 Å². The van der Waals surface area contributed by atoms with Gasteiger partial charge in [-0.3, -0.25) is 4.79 Å². The Morgan fingerprint density at radius 2 is 1.90 bits per heavy atom. The topological polar surface area (TPSA) is 59.5 Å². The van der Waals surface area contributed by atoms with E-state index in [9.17, 15) is 9.59 Å². The minimum atomic E-state index is -0.523. The minimum Gasteiger partial charge on any atom is -0.452 e. The molecule has 0 fully saturated rings. The normalized spacial score (nSPS) is 15.1. The monoisotopic (exact) mass is 428 g/mol. The van der Waals surface area contributed by atoms with Crippen LogP contribution in [0, 0.1) is 0 Å². The molecule has 1 aliphatic heterocycles. The lowest BCUT2D eigenvalue weighted by molar-refractivity contribution is -0.122. The van der Waals surface area contributed by atoms with Crippen LogP contribution in [0.4, 0.5) is 5.69 Å². The van der Waals surface area contributed by atoms with Gasteiger partial charge < -0.3 is 9.64 Å². The summed E-state index contributed by atoms with van der Waals surface area (Å²) >= 11 is 1.56. The Bertz CT molecular complexity index is 1280. The second kappa shape index (κ2) is 7.96. The Morgan fingerprint density at radius 1 is 1.10 bits per heavy atom. The van der Waals surface area contributed by atoms with Gasteiger partial charge in [0.2, 0.25) is 0 Å². The molecule has 1 atom stereocenters. The molecular weight excluding hydrogens is 408 g/mol. The van der Waals surface area contributed by atoms with E-state index in [2.05, 4.69) is 4.98 Å². The van der Waals surface area contributed by atoms with Crippen molar-refractivity contribution in [2.75, 3.05) is 11.5 Å². The van der Waals surface area contributed by atoms with Gasteiger partial charge in [0, 0.05) is 17.1 Å². The highest BCUT2D eigenvalue weighted by molar-refractivity contribution is 7.13. The number of pyridine rings is 1. The molecule has 5 rings (SSSR count). The second-order valence-electron chi connectivity index (χ2n) is 7.57. The molecular formula is C25H20N2O3S. The Morgan fingerprint density at radius 3 is 2.74 bits per heavy atom. The number of anilines is 1. The van der Waals surface area contributed by atoms with Crippen LogP contribution in [0.1, 0.15) is 22.8 Å². The van der Waals surface area contributed by atoms with E-state index >= 15 is 0 Å². The number of fused-ring (bicyclic) bond motifs is 2. The fraction of sp³-hybridized carbons (Fsp3) is 0.160. The van der Waals surface area contributed by atoms with Crippen LogP contribution in [-0.2, 0) is 16.0 Å². The van der Waals surface area contributed by atoms with Gasteiger partial charge in [0.05, 0.1) is 21.7 Å². The summed E-state index contributed by atoms with van der Waals surface area (Å²) in [6.07, 6.45) is 0.801. The average molecular weight is 429 g/mol. The maximum Gasteiger partial charge on any atom is 0.339 e.